The van der Waals surface area contributed by atoms with Crippen LogP contribution in [-0.4, -0.2) is 58.7 Å². The number of carbonyl (C=O) groups is 1. The van der Waals surface area contributed by atoms with Gasteiger partial charge in [0.25, 0.3) is 0 Å². The zero-order chi connectivity index (χ0) is 43.5. The Morgan fingerprint density at radius 1 is 0.661 bits per heavy atom. The third kappa shape index (κ3) is 9.05. The van der Waals surface area contributed by atoms with E-state index in [2.05, 4.69) is 60.9 Å². The average Bonchev–Trinajstić information content (AvgIpc) is 4.07. The zero-order valence-corrected chi connectivity index (χ0v) is 38.0. The first kappa shape index (κ1) is 44.0. The van der Waals surface area contributed by atoms with E-state index in [-0.39, 0.29) is 43.4 Å². The third-order valence-corrected chi connectivity index (χ3v) is 13.5. The quantitative estimate of drug-likeness (QED) is 0.0647. The third-order valence-electron chi connectivity index (χ3n) is 11.7. The van der Waals surface area contributed by atoms with Crippen molar-refractivity contribution in [1.82, 2.24) is 0 Å². The van der Waals surface area contributed by atoms with Crippen LogP contribution in [0.3, 0.4) is 0 Å². The minimum absolute atomic E-state index is 0.00191. The molecule has 2 saturated heterocycles. The van der Waals surface area contributed by atoms with E-state index in [1.807, 2.05) is 60.7 Å². The number of ether oxygens (including phenoxy) is 5. The second-order valence-corrected chi connectivity index (χ2v) is 17.4. The number of nitrogens with one attached hydrogen (secondary N) is 2. The van der Waals surface area contributed by atoms with E-state index in [0.29, 0.717) is 24.6 Å². The number of hydrogen-bond acceptors (Lipinski definition) is 8. The van der Waals surface area contributed by atoms with E-state index in [4.69, 9.17) is 70.1 Å². The molecule has 2 atom stereocenters. The molecule has 3 aliphatic rings. The second-order valence-electron chi connectivity index (χ2n) is 15.9. The Morgan fingerprint density at radius 3 is 1.53 bits per heavy atom. The van der Waals surface area contributed by atoms with E-state index in [0.717, 1.165) is 94.8 Å². The molecule has 0 saturated carbocycles. The summed E-state index contributed by atoms with van der Waals surface area (Å²) in [5.41, 5.74) is 7.22. The van der Waals surface area contributed by atoms with Gasteiger partial charge in [0.05, 0.1) is 52.1 Å². The van der Waals surface area contributed by atoms with Crippen molar-refractivity contribution >= 4 is 74.9 Å². The Balaban J connectivity index is 1.44. The van der Waals surface area contributed by atoms with Crippen molar-refractivity contribution in [1.29, 1.82) is 0 Å². The minimum atomic E-state index is -1.72. The number of rotatable bonds is 14. The Hall–Kier alpha value is -4.67. The fourth-order valence-corrected chi connectivity index (χ4v) is 9.51. The summed E-state index contributed by atoms with van der Waals surface area (Å²) in [6.07, 6.45) is 7.99. The molecule has 5 aromatic carbocycles. The summed E-state index contributed by atoms with van der Waals surface area (Å²) in [5, 5.41) is 7.34. The average molecular weight is 915 g/mol. The van der Waals surface area contributed by atoms with Crippen LogP contribution in [0.5, 0.6) is 11.5 Å². The van der Waals surface area contributed by atoms with Crippen LogP contribution in [-0.2, 0) is 19.8 Å². The molecule has 3 aliphatic heterocycles. The Labute approximate surface area is 383 Å². The molecule has 8 rings (SSSR count). The molecule has 8 nitrogen and oxygen atoms in total. The van der Waals surface area contributed by atoms with Gasteiger partial charge in [-0.3, -0.25) is 0 Å². The van der Waals surface area contributed by atoms with Crippen LogP contribution in [0.15, 0.2) is 97.1 Å². The highest BCUT2D eigenvalue weighted by Gasteiger charge is 2.48. The van der Waals surface area contributed by atoms with E-state index < -0.39 is 11.6 Å². The zero-order valence-electron chi connectivity index (χ0n) is 35.0. The number of hydrogen-bond donors (Lipinski definition) is 2. The molecular weight excluding hydrogens is 866 g/mol. The van der Waals surface area contributed by atoms with E-state index in [9.17, 15) is 4.79 Å². The van der Waals surface area contributed by atoms with Crippen molar-refractivity contribution in [2.75, 3.05) is 51.2 Å². The molecule has 12 heteroatoms. The lowest BCUT2D eigenvalue weighted by Crippen LogP contribution is -2.24. The van der Waals surface area contributed by atoms with Gasteiger partial charge in [-0.25, -0.2) is 4.79 Å². The molecule has 0 spiro atoms. The van der Waals surface area contributed by atoms with Gasteiger partial charge in [-0.2, -0.15) is 0 Å². The lowest BCUT2D eigenvalue weighted by Gasteiger charge is -2.28. The molecule has 2 N–H and O–H groups in total. The standard InChI is InChI=1S/C50H48Cl4N2O6/c1-29-9-19-37(41(23-29)55-27-35-7-5-21-60-35)39(31-11-15-33(58-3)16-12-31)25-50(44-43(49(57)62-50)45(51)47(53)48(54)46(44)52)26-40(32-13-17-34(59-4)18-14-32)38-20-10-30(2)24-42(38)56-28-36-8-6-22-61-36/h9-20,23-26,35-36,55-56H,5-8,21-22,27-28H2,1-4H3/b39-25+,40-26+. The highest BCUT2D eigenvalue weighted by atomic mass is 35.5. The van der Waals surface area contributed by atoms with Crippen molar-refractivity contribution in [3.05, 3.63) is 162 Å². The number of methoxy groups -OCH3 is 2. The lowest BCUT2D eigenvalue weighted by molar-refractivity contribution is 0.0300. The van der Waals surface area contributed by atoms with Crippen LogP contribution in [0.4, 0.5) is 11.4 Å². The second kappa shape index (κ2) is 19.0. The predicted octanol–water partition coefficient (Wildman–Crippen LogP) is 12.7. The van der Waals surface area contributed by atoms with Crippen LogP contribution < -0.4 is 20.1 Å². The lowest BCUT2D eigenvalue weighted by atomic mass is 9.82. The molecule has 0 amide bonds. The minimum Gasteiger partial charge on any atom is -0.497 e. The van der Waals surface area contributed by atoms with Gasteiger partial charge in [0.15, 0.2) is 5.60 Å². The Bertz CT molecular complexity index is 2400. The SMILES string of the molecule is COc1ccc(/C(=C\C2(/C=C(\c3ccc(OC)cc3)c3ccc(C)cc3NCC3CCCO3)OC(=O)c3c(Cl)c(Cl)c(Cl)c(Cl)c32)c2ccc(C)cc2NCC2CCCO2)cc1. The maximum Gasteiger partial charge on any atom is 0.341 e. The number of halogens is 4. The molecule has 0 bridgehead atoms. The van der Waals surface area contributed by atoms with Gasteiger partial charge < -0.3 is 34.3 Å². The number of carbonyl (C=O) groups excluding carboxylic acids is 1. The van der Waals surface area contributed by atoms with E-state index in [1.54, 1.807) is 14.2 Å². The van der Waals surface area contributed by atoms with Crippen LogP contribution in [0.2, 0.25) is 20.1 Å². The maximum absolute atomic E-state index is 14.5. The van der Waals surface area contributed by atoms with Crippen molar-refractivity contribution in [3.63, 3.8) is 0 Å². The van der Waals surface area contributed by atoms with Gasteiger partial charge in [0.2, 0.25) is 0 Å². The summed E-state index contributed by atoms with van der Waals surface area (Å²) in [6.45, 7) is 6.81. The first-order chi connectivity index (χ1) is 30.0. The van der Waals surface area contributed by atoms with Crippen LogP contribution in [0.1, 0.15) is 75.0 Å². The van der Waals surface area contributed by atoms with Crippen LogP contribution in [0.25, 0.3) is 11.1 Å². The summed E-state index contributed by atoms with van der Waals surface area (Å²) in [5.74, 6) is 0.658. The van der Waals surface area contributed by atoms with Crippen LogP contribution in [0, 0.1) is 13.8 Å². The molecule has 62 heavy (non-hydrogen) atoms. The topological polar surface area (TPSA) is 87.3 Å². The number of anilines is 2. The molecule has 322 valence electrons. The molecular formula is C50H48Cl4N2O6. The van der Waals surface area contributed by atoms with Crippen molar-refractivity contribution < 1.29 is 28.5 Å². The first-order valence-electron chi connectivity index (χ1n) is 20.8. The molecule has 0 aromatic heterocycles. The molecule has 2 unspecified atom stereocenters. The fourth-order valence-electron chi connectivity index (χ4n) is 8.43. The monoisotopic (exact) mass is 912 g/mol. The van der Waals surface area contributed by atoms with E-state index in [1.165, 1.54) is 0 Å². The van der Waals surface area contributed by atoms with Crippen molar-refractivity contribution in [2.45, 2.75) is 57.3 Å². The summed E-state index contributed by atoms with van der Waals surface area (Å²) in [7, 11) is 3.26. The normalized spacial score (nSPS) is 20.0. The smallest absolute Gasteiger partial charge is 0.341 e. The predicted molar refractivity (Wildman–Crippen MR) is 251 cm³/mol. The summed E-state index contributed by atoms with van der Waals surface area (Å²) in [4.78, 5) is 14.5. The first-order valence-corrected chi connectivity index (χ1v) is 22.3. The van der Waals surface area contributed by atoms with Crippen molar-refractivity contribution in [2.24, 2.45) is 0 Å². The van der Waals surface area contributed by atoms with Gasteiger partial charge in [0, 0.05) is 54.4 Å². The van der Waals surface area contributed by atoms with Crippen LogP contribution >= 0.6 is 46.4 Å². The van der Waals surface area contributed by atoms with Gasteiger partial charge in [-0.05, 0) is 121 Å². The highest BCUT2D eigenvalue weighted by molar-refractivity contribution is 6.53. The molecule has 5 aromatic rings. The maximum atomic E-state index is 14.5. The number of aryl methyl sites for hydroxylation is 2. The Kier molecular flexibility index (Phi) is 13.5. The summed E-state index contributed by atoms with van der Waals surface area (Å²) >= 11 is 27.8. The van der Waals surface area contributed by atoms with Gasteiger partial charge >= 0.3 is 5.97 Å². The Morgan fingerprint density at radius 2 is 1.11 bits per heavy atom. The van der Waals surface area contributed by atoms with E-state index >= 15 is 0 Å². The number of benzene rings is 5. The molecule has 0 aliphatic carbocycles. The van der Waals surface area contributed by atoms with Gasteiger partial charge in [0.1, 0.15) is 11.5 Å². The van der Waals surface area contributed by atoms with Gasteiger partial charge in [-0.1, -0.05) is 94.9 Å². The number of esters is 1. The molecule has 2 fully saturated rings. The molecule has 0 radical (unpaired) electrons. The fraction of sp³-hybridized carbons (Fsp3) is 0.300. The van der Waals surface area contributed by atoms with Crippen molar-refractivity contribution in [3.8, 4) is 11.5 Å². The summed E-state index contributed by atoms with van der Waals surface area (Å²) in [6, 6.07) is 28.0. The molecule has 3 heterocycles. The number of cyclic esters (lactones) is 1. The number of fused-ring (bicyclic) bond motifs is 1. The van der Waals surface area contributed by atoms with Gasteiger partial charge in [-0.15, -0.1) is 0 Å². The largest absolute Gasteiger partial charge is 0.497 e. The summed E-state index contributed by atoms with van der Waals surface area (Å²) < 4.78 is 29.9. The highest BCUT2D eigenvalue weighted by Crippen LogP contribution is 2.54.